The van der Waals surface area contributed by atoms with Crippen molar-refractivity contribution in [1.82, 2.24) is 4.90 Å². The lowest BCUT2D eigenvalue weighted by Gasteiger charge is -2.25. The van der Waals surface area contributed by atoms with Gasteiger partial charge in [-0.2, -0.15) is 0 Å². The maximum atomic E-state index is 12.3. The van der Waals surface area contributed by atoms with Gasteiger partial charge >= 0.3 is 0 Å². The molecule has 0 aliphatic heterocycles. The van der Waals surface area contributed by atoms with E-state index in [2.05, 4.69) is 29.8 Å². The standard InChI is InChI=1S/C13H19BrN2O/c1-4-5-9(2)16(3)13(17)11-8-10(15)6-7-12(11)14/h6-9H,4-5,15H2,1-3H3. The summed E-state index contributed by atoms with van der Waals surface area (Å²) in [7, 11) is 1.83. The van der Waals surface area contributed by atoms with Crippen molar-refractivity contribution < 1.29 is 4.79 Å². The predicted molar refractivity (Wildman–Crippen MR) is 75.0 cm³/mol. The molecule has 3 nitrogen and oxygen atoms in total. The molecule has 0 saturated heterocycles. The maximum absolute atomic E-state index is 12.3. The van der Waals surface area contributed by atoms with Crippen LogP contribution < -0.4 is 5.73 Å². The van der Waals surface area contributed by atoms with Crippen molar-refractivity contribution in [3.63, 3.8) is 0 Å². The van der Waals surface area contributed by atoms with E-state index in [-0.39, 0.29) is 11.9 Å². The number of carbonyl (C=O) groups is 1. The number of amides is 1. The molecule has 2 N–H and O–H groups in total. The summed E-state index contributed by atoms with van der Waals surface area (Å²) in [5.41, 5.74) is 6.93. The molecular formula is C13H19BrN2O. The van der Waals surface area contributed by atoms with E-state index in [1.165, 1.54) is 0 Å². The minimum atomic E-state index is 0.00475. The summed E-state index contributed by atoms with van der Waals surface area (Å²) in [4.78, 5) is 14.0. The van der Waals surface area contributed by atoms with E-state index in [1.807, 2.05) is 7.05 Å². The van der Waals surface area contributed by atoms with E-state index in [4.69, 9.17) is 5.73 Å². The highest BCUT2D eigenvalue weighted by Crippen LogP contribution is 2.22. The van der Waals surface area contributed by atoms with Crippen LogP contribution in [-0.2, 0) is 0 Å². The second-order valence-electron chi connectivity index (χ2n) is 4.29. The van der Waals surface area contributed by atoms with Crippen LogP contribution >= 0.6 is 15.9 Å². The predicted octanol–water partition coefficient (Wildman–Crippen LogP) is 3.29. The second kappa shape index (κ2) is 6.05. The fourth-order valence-electron chi connectivity index (χ4n) is 1.71. The minimum Gasteiger partial charge on any atom is -0.399 e. The average molecular weight is 299 g/mol. The number of rotatable bonds is 4. The summed E-state index contributed by atoms with van der Waals surface area (Å²) in [5, 5.41) is 0. The van der Waals surface area contributed by atoms with Gasteiger partial charge in [0.25, 0.3) is 5.91 Å². The molecule has 0 radical (unpaired) electrons. The van der Waals surface area contributed by atoms with Gasteiger partial charge in [0.15, 0.2) is 0 Å². The van der Waals surface area contributed by atoms with Gasteiger partial charge < -0.3 is 10.6 Å². The molecule has 1 unspecified atom stereocenters. The Morgan fingerprint density at radius 3 is 2.76 bits per heavy atom. The number of nitrogens with two attached hydrogens (primary N) is 1. The zero-order valence-electron chi connectivity index (χ0n) is 10.5. The highest BCUT2D eigenvalue weighted by atomic mass is 79.9. The first kappa shape index (κ1) is 14.0. The quantitative estimate of drug-likeness (QED) is 0.867. The molecule has 0 heterocycles. The van der Waals surface area contributed by atoms with Crippen molar-refractivity contribution in [2.24, 2.45) is 0 Å². The molecule has 0 spiro atoms. The van der Waals surface area contributed by atoms with Crippen molar-refractivity contribution in [2.75, 3.05) is 12.8 Å². The van der Waals surface area contributed by atoms with E-state index < -0.39 is 0 Å². The fraction of sp³-hybridized carbons (Fsp3) is 0.462. The topological polar surface area (TPSA) is 46.3 Å². The molecule has 0 bridgehead atoms. The van der Waals surface area contributed by atoms with Gasteiger partial charge in [-0.3, -0.25) is 4.79 Å². The molecule has 1 amide bonds. The molecule has 0 saturated carbocycles. The number of carbonyl (C=O) groups excluding carboxylic acids is 1. The van der Waals surface area contributed by atoms with Crippen LogP contribution in [0.5, 0.6) is 0 Å². The summed E-state index contributed by atoms with van der Waals surface area (Å²) >= 11 is 3.38. The average Bonchev–Trinajstić information content (AvgIpc) is 2.30. The van der Waals surface area contributed by atoms with Crippen LogP contribution in [0.1, 0.15) is 37.0 Å². The third kappa shape index (κ3) is 3.46. The summed E-state index contributed by atoms with van der Waals surface area (Å²) in [5.74, 6) is 0.00475. The molecule has 4 heteroatoms. The lowest BCUT2D eigenvalue weighted by molar-refractivity contribution is 0.0736. The Kier molecular flexibility index (Phi) is 5.00. The first-order valence-corrected chi connectivity index (χ1v) is 6.58. The number of hydrogen-bond donors (Lipinski definition) is 1. The summed E-state index contributed by atoms with van der Waals surface area (Å²) in [6.07, 6.45) is 2.07. The maximum Gasteiger partial charge on any atom is 0.255 e. The molecule has 1 aromatic rings. The van der Waals surface area contributed by atoms with E-state index in [0.29, 0.717) is 11.3 Å². The molecule has 1 atom stereocenters. The van der Waals surface area contributed by atoms with Gasteiger partial charge in [-0.15, -0.1) is 0 Å². The summed E-state index contributed by atoms with van der Waals surface area (Å²) < 4.78 is 0.784. The largest absolute Gasteiger partial charge is 0.399 e. The first-order valence-electron chi connectivity index (χ1n) is 5.79. The van der Waals surface area contributed by atoms with Gasteiger partial charge in [0, 0.05) is 23.2 Å². The van der Waals surface area contributed by atoms with Crippen LogP contribution in [0.2, 0.25) is 0 Å². The van der Waals surface area contributed by atoms with Crippen LogP contribution in [0.3, 0.4) is 0 Å². The Bertz CT molecular complexity index is 406. The fourth-order valence-corrected chi connectivity index (χ4v) is 2.12. The van der Waals surface area contributed by atoms with Crippen LogP contribution in [0.25, 0.3) is 0 Å². The Hall–Kier alpha value is -1.03. The number of halogens is 1. The Morgan fingerprint density at radius 2 is 2.18 bits per heavy atom. The third-order valence-corrected chi connectivity index (χ3v) is 3.60. The van der Waals surface area contributed by atoms with Crippen molar-refractivity contribution in [1.29, 1.82) is 0 Å². The molecule has 0 fully saturated rings. The molecular weight excluding hydrogens is 280 g/mol. The lowest BCUT2D eigenvalue weighted by atomic mass is 10.1. The van der Waals surface area contributed by atoms with Crippen molar-refractivity contribution in [3.8, 4) is 0 Å². The van der Waals surface area contributed by atoms with Gasteiger partial charge in [0.05, 0.1) is 5.56 Å². The van der Waals surface area contributed by atoms with E-state index >= 15 is 0 Å². The van der Waals surface area contributed by atoms with E-state index in [0.717, 1.165) is 17.3 Å². The van der Waals surface area contributed by atoms with Crippen LogP contribution in [0.4, 0.5) is 5.69 Å². The number of nitrogen functional groups attached to an aromatic ring is 1. The Balaban J connectivity index is 2.92. The van der Waals surface area contributed by atoms with Crippen molar-refractivity contribution in [3.05, 3.63) is 28.2 Å². The van der Waals surface area contributed by atoms with Crippen molar-refractivity contribution in [2.45, 2.75) is 32.7 Å². The molecule has 1 aromatic carbocycles. The second-order valence-corrected chi connectivity index (χ2v) is 5.15. The summed E-state index contributed by atoms with van der Waals surface area (Å²) in [6.45, 7) is 4.17. The molecule has 0 aromatic heterocycles. The van der Waals surface area contributed by atoms with Crippen LogP contribution in [0, 0.1) is 0 Å². The van der Waals surface area contributed by atoms with Crippen LogP contribution in [0.15, 0.2) is 22.7 Å². The number of nitrogens with zero attached hydrogens (tertiary/aromatic N) is 1. The van der Waals surface area contributed by atoms with E-state index in [9.17, 15) is 4.79 Å². The van der Waals surface area contributed by atoms with Gasteiger partial charge in [0.2, 0.25) is 0 Å². The smallest absolute Gasteiger partial charge is 0.255 e. The molecule has 0 aliphatic carbocycles. The van der Waals surface area contributed by atoms with Crippen molar-refractivity contribution >= 4 is 27.5 Å². The zero-order chi connectivity index (χ0) is 13.0. The normalized spacial score (nSPS) is 12.2. The third-order valence-electron chi connectivity index (χ3n) is 2.91. The highest BCUT2D eigenvalue weighted by Gasteiger charge is 2.19. The molecule has 0 aliphatic rings. The number of hydrogen-bond acceptors (Lipinski definition) is 2. The highest BCUT2D eigenvalue weighted by molar-refractivity contribution is 9.10. The first-order chi connectivity index (χ1) is 7.97. The van der Waals surface area contributed by atoms with Gasteiger partial charge in [-0.05, 0) is 47.5 Å². The van der Waals surface area contributed by atoms with Gasteiger partial charge in [0.1, 0.15) is 0 Å². The van der Waals surface area contributed by atoms with Gasteiger partial charge in [-0.25, -0.2) is 0 Å². The monoisotopic (exact) mass is 298 g/mol. The zero-order valence-corrected chi connectivity index (χ0v) is 12.1. The van der Waals surface area contributed by atoms with Crippen LogP contribution in [-0.4, -0.2) is 23.9 Å². The number of benzene rings is 1. The molecule has 94 valence electrons. The van der Waals surface area contributed by atoms with Gasteiger partial charge in [-0.1, -0.05) is 13.3 Å². The SMILES string of the molecule is CCCC(C)N(C)C(=O)c1cc(N)ccc1Br. The molecule has 17 heavy (non-hydrogen) atoms. The number of anilines is 1. The molecule has 1 rings (SSSR count). The lowest BCUT2D eigenvalue weighted by Crippen LogP contribution is -2.35. The Labute approximate surface area is 111 Å². The Morgan fingerprint density at radius 1 is 1.53 bits per heavy atom. The minimum absolute atomic E-state index is 0.00475. The summed E-state index contributed by atoms with van der Waals surface area (Å²) in [6, 6.07) is 5.53. The van der Waals surface area contributed by atoms with E-state index in [1.54, 1.807) is 23.1 Å².